The molecule has 1 saturated heterocycles. The molecule has 3 heterocycles. The van der Waals surface area contributed by atoms with Gasteiger partial charge in [0.15, 0.2) is 26.8 Å². The Balaban J connectivity index is 1.75. The fourth-order valence-corrected chi connectivity index (χ4v) is 6.32. The summed E-state index contributed by atoms with van der Waals surface area (Å²) in [4.78, 5) is 28.4. The van der Waals surface area contributed by atoms with Gasteiger partial charge in [-0.15, -0.1) is 0 Å². The number of sulfone groups is 1. The minimum Gasteiger partial charge on any atom is -0.504 e. The van der Waals surface area contributed by atoms with E-state index in [1.54, 1.807) is 43.3 Å². The lowest BCUT2D eigenvalue weighted by molar-refractivity contribution is 0.0662. The normalized spacial score (nSPS) is 21.8. The first-order valence-corrected chi connectivity index (χ1v) is 12.2. The van der Waals surface area contributed by atoms with E-state index in [1.165, 1.54) is 11.0 Å². The van der Waals surface area contributed by atoms with E-state index in [0.717, 1.165) is 0 Å². The van der Waals surface area contributed by atoms with Crippen LogP contribution in [-0.4, -0.2) is 48.5 Å². The second kappa shape index (κ2) is 7.37. The number of nitrogens with zero attached hydrogens (tertiary/aromatic N) is 1. The molecular formula is C23H21NO7S. The van der Waals surface area contributed by atoms with Gasteiger partial charge in [-0.05, 0) is 43.2 Å². The summed E-state index contributed by atoms with van der Waals surface area (Å²) >= 11 is 0. The zero-order valence-corrected chi connectivity index (χ0v) is 18.1. The summed E-state index contributed by atoms with van der Waals surface area (Å²) in [6, 6.07) is 9.87. The Labute approximate surface area is 183 Å². The number of hydrogen-bond acceptors (Lipinski definition) is 7. The van der Waals surface area contributed by atoms with Gasteiger partial charge in [0.1, 0.15) is 5.58 Å². The first-order chi connectivity index (χ1) is 15.3. The summed E-state index contributed by atoms with van der Waals surface area (Å²) in [6.45, 7) is 2.09. The largest absolute Gasteiger partial charge is 0.504 e. The molecule has 9 heteroatoms. The van der Waals surface area contributed by atoms with Crippen molar-refractivity contribution in [2.45, 2.75) is 25.4 Å². The van der Waals surface area contributed by atoms with Gasteiger partial charge in [-0.1, -0.05) is 18.2 Å². The molecule has 3 aromatic rings. The van der Waals surface area contributed by atoms with Gasteiger partial charge in [-0.25, -0.2) is 8.42 Å². The molecule has 32 heavy (non-hydrogen) atoms. The minimum atomic E-state index is -3.29. The summed E-state index contributed by atoms with van der Waals surface area (Å²) in [5.41, 5.74) is 0.663. The number of benzene rings is 2. The predicted molar refractivity (Wildman–Crippen MR) is 117 cm³/mol. The molecule has 0 spiro atoms. The number of fused-ring (bicyclic) bond motifs is 2. The van der Waals surface area contributed by atoms with Gasteiger partial charge in [-0.2, -0.15) is 0 Å². The quantitative estimate of drug-likeness (QED) is 0.643. The highest BCUT2D eigenvalue weighted by atomic mass is 32.2. The lowest BCUT2D eigenvalue weighted by atomic mass is 9.97. The summed E-state index contributed by atoms with van der Waals surface area (Å²) in [5.74, 6) is -0.633. The highest BCUT2D eigenvalue weighted by Gasteiger charge is 2.48. The number of rotatable bonds is 4. The summed E-state index contributed by atoms with van der Waals surface area (Å²) in [6.07, 6.45) is 0.280. The lowest BCUT2D eigenvalue weighted by Crippen LogP contribution is -2.40. The third-order valence-electron chi connectivity index (χ3n) is 6.01. The van der Waals surface area contributed by atoms with Gasteiger partial charge in [0.25, 0.3) is 5.91 Å². The van der Waals surface area contributed by atoms with E-state index in [9.17, 15) is 23.1 Å². The molecule has 0 unspecified atom stereocenters. The second-order valence-corrected chi connectivity index (χ2v) is 10.2. The molecule has 8 nitrogen and oxygen atoms in total. The van der Waals surface area contributed by atoms with E-state index in [0.29, 0.717) is 23.1 Å². The van der Waals surface area contributed by atoms with Gasteiger partial charge >= 0.3 is 0 Å². The summed E-state index contributed by atoms with van der Waals surface area (Å²) < 4.78 is 35.7. The highest BCUT2D eigenvalue weighted by Crippen LogP contribution is 2.43. The topological polar surface area (TPSA) is 114 Å². The molecule has 2 aliphatic heterocycles. The first-order valence-electron chi connectivity index (χ1n) is 10.3. The molecule has 1 N–H and O–H groups in total. The van der Waals surface area contributed by atoms with Crippen LogP contribution in [0, 0.1) is 0 Å². The Bertz CT molecular complexity index is 1410. The Morgan fingerprint density at radius 2 is 1.97 bits per heavy atom. The van der Waals surface area contributed by atoms with Crippen LogP contribution in [-0.2, 0) is 9.84 Å². The Kier molecular flexibility index (Phi) is 4.74. The highest BCUT2D eigenvalue weighted by molar-refractivity contribution is 7.91. The molecule has 1 amide bonds. The van der Waals surface area contributed by atoms with Gasteiger partial charge in [0.2, 0.25) is 5.76 Å². The summed E-state index contributed by atoms with van der Waals surface area (Å²) in [7, 11) is -3.29. The average molecular weight is 455 g/mol. The lowest BCUT2D eigenvalue weighted by Gasteiger charge is -2.30. The van der Waals surface area contributed by atoms with Crippen LogP contribution in [0.1, 0.15) is 41.1 Å². The molecule has 166 valence electrons. The number of para-hydroxylation sites is 1. The van der Waals surface area contributed by atoms with E-state index in [-0.39, 0.29) is 46.2 Å². The molecule has 0 aliphatic carbocycles. The van der Waals surface area contributed by atoms with E-state index >= 15 is 0 Å². The van der Waals surface area contributed by atoms with Crippen molar-refractivity contribution in [3.05, 3.63) is 69.6 Å². The van der Waals surface area contributed by atoms with Crippen molar-refractivity contribution in [3.63, 3.8) is 0 Å². The van der Waals surface area contributed by atoms with Crippen LogP contribution >= 0.6 is 0 Å². The minimum absolute atomic E-state index is 0.0202. The maximum absolute atomic E-state index is 13.5. The van der Waals surface area contributed by atoms with Gasteiger partial charge in [0.05, 0.1) is 35.1 Å². The van der Waals surface area contributed by atoms with Gasteiger partial charge in [-0.3, -0.25) is 9.59 Å². The molecule has 5 rings (SSSR count). The van der Waals surface area contributed by atoms with Crippen molar-refractivity contribution in [3.8, 4) is 11.5 Å². The Morgan fingerprint density at radius 3 is 2.69 bits per heavy atom. The number of ether oxygens (including phenoxy) is 1. The van der Waals surface area contributed by atoms with E-state index in [1.807, 2.05) is 0 Å². The maximum Gasteiger partial charge on any atom is 0.291 e. The molecule has 0 saturated carbocycles. The monoisotopic (exact) mass is 455 g/mol. The Morgan fingerprint density at radius 1 is 1.19 bits per heavy atom. The molecule has 2 atom stereocenters. The molecule has 2 aromatic carbocycles. The third kappa shape index (κ3) is 3.15. The van der Waals surface area contributed by atoms with Crippen molar-refractivity contribution in [2.24, 2.45) is 0 Å². The number of phenolic OH excluding ortho intramolecular Hbond substituents is 1. The van der Waals surface area contributed by atoms with E-state index in [2.05, 4.69) is 0 Å². The van der Waals surface area contributed by atoms with Crippen LogP contribution in [0.5, 0.6) is 11.5 Å². The number of carbonyl (C=O) groups is 1. The van der Waals surface area contributed by atoms with Crippen molar-refractivity contribution in [2.75, 3.05) is 18.1 Å². The SMILES string of the molecule is CCOc1cc([C@@H]2c3c(oc4ccccc4c3=O)C(=O)N2[C@@H]2CCS(=O)(=O)C2)ccc1O. The Hall–Kier alpha value is -3.33. The molecule has 0 radical (unpaired) electrons. The molecule has 2 aliphatic rings. The maximum atomic E-state index is 13.5. The molecule has 0 bridgehead atoms. The van der Waals surface area contributed by atoms with Crippen molar-refractivity contribution in [1.82, 2.24) is 4.90 Å². The van der Waals surface area contributed by atoms with Crippen LogP contribution in [0.15, 0.2) is 51.7 Å². The second-order valence-electron chi connectivity index (χ2n) is 8.00. The fraction of sp³-hybridized carbons (Fsp3) is 0.304. The van der Waals surface area contributed by atoms with Crippen LogP contribution in [0.2, 0.25) is 0 Å². The molecule has 1 fully saturated rings. The molecule has 1 aromatic heterocycles. The van der Waals surface area contributed by atoms with Crippen LogP contribution < -0.4 is 10.2 Å². The number of phenols is 1. The van der Waals surface area contributed by atoms with E-state index < -0.39 is 27.8 Å². The van der Waals surface area contributed by atoms with Gasteiger partial charge < -0.3 is 19.2 Å². The van der Waals surface area contributed by atoms with Crippen LogP contribution in [0.4, 0.5) is 0 Å². The zero-order valence-electron chi connectivity index (χ0n) is 17.3. The first kappa shape index (κ1) is 20.6. The van der Waals surface area contributed by atoms with Crippen LogP contribution in [0.3, 0.4) is 0 Å². The van der Waals surface area contributed by atoms with Crippen molar-refractivity contribution >= 4 is 26.7 Å². The molecular weight excluding hydrogens is 434 g/mol. The predicted octanol–water partition coefficient (Wildman–Crippen LogP) is 2.63. The van der Waals surface area contributed by atoms with Crippen molar-refractivity contribution < 1.29 is 27.5 Å². The average Bonchev–Trinajstić information content (AvgIpc) is 3.27. The zero-order chi connectivity index (χ0) is 22.6. The number of aromatic hydroxyl groups is 1. The standard InChI is InChI=1S/C23H21NO7S/c1-2-30-18-11-13(7-8-16(18)25)20-19-21(26)15-5-3-4-6-17(15)31-22(19)23(27)24(20)14-9-10-32(28,29)12-14/h3-8,11,14,20,25H,2,9-10,12H2,1H3/t14-,20-/m1/s1. The van der Waals surface area contributed by atoms with Gasteiger partial charge in [0, 0.05) is 6.04 Å². The fourth-order valence-electron chi connectivity index (χ4n) is 4.61. The third-order valence-corrected chi connectivity index (χ3v) is 7.76. The number of hydrogen-bond donors (Lipinski definition) is 1. The van der Waals surface area contributed by atoms with Crippen molar-refractivity contribution in [1.29, 1.82) is 0 Å². The summed E-state index contributed by atoms with van der Waals surface area (Å²) in [5, 5.41) is 10.5. The van der Waals surface area contributed by atoms with Crippen LogP contribution in [0.25, 0.3) is 11.0 Å². The number of amides is 1. The smallest absolute Gasteiger partial charge is 0.291 e. The van der Waals surface area contributed by atoms with E-state index in [4.69, 9.17) is 9.15 Å². The number of carbonyl (C=O) groups excluding carboxylic acids is 1.